The largest absolute Gasteiger partial charge is 0.497 e. The molecule has 0 heterocycles. The Kier molecular flexibility index (Phi) is 6.60. The quantitative estimate of drug-likeness (QED) is 0.798. The topological polar surface area (TPSA) is 76.7 Å². The second kappa shape index (κ2) is 8.89. The molecule has 0 aliphatic heterocycles. The van der Waals surface area contributed by atoms with Crippen LogP contribution in [0.1, 0.15) is 31.1 Å². The van der Waals surface area contributed by atoms with E-state index in [1.54, 1.807) is 62.6 Å². The van der Waals surface area contributed by atoms with Crippen LogP contribution in [0, 0.1) is 0 Å². The fourth-order valence-electron chi connectivity index (χ4n) is 2.30. The summed E-state index contributed by atoms with van der Waals surface area (Å²) in [7, 11) is 1.56. The van der Waals surface area contributed by atoms with Crippen molar-refractivity contribution in [2.75, 3.05) is 12.4 Å². The molecule has 6 heteroatoms. The molecule has 2 aromatic rings. The number of amides is 2. The average molecular weight is 356 g/mol. The molecule has 0 bridgehead atoms. The van der Waals surface area contributed by atoms with Gasteiger partial charge in [0.05, 0.1) is 18.4 Å². The Bertz CT molecular complexity index is 774. The standard InChI is InChI=1S/C20H24N2O4/c1-13(2)21-20(24)17-10-5-6-11-18(17)22-19(23)14(3)26-16-9-7-8-15(12-16)25-4/h5-14H,1-4H3,(H,21,24)(H,22,23)/t14-/m0/s1. The summed E-state index contributed by atoms with van der Waals surface area (Å²) in [5.41, 5.74) is 0.847. The van der Waals surface area contributed by atoms with Crippen molar-refractivity contribution >= 4 is 17.5 Å². The highest BCUT2D eigenvalue weighted by molar-refractivity contribution is 6.04. The van der Waals surface area contributed by atoms with Gasteiger partial charge in [-0.3, -0.25) is 9.59 Å². The lowest BCUT2D eigenvalue weighted by Crippen LogP contribution is -2.33. The van der Waals surface area contributed by atoms with E-state index in [0.717, 1.165) is 0 Å². The average Bonchev–Trinajstić information content (AvgIpc) is 2.61. The maximum absolute atomic E-state index is 12.5. The molecule has 1 atom stereocenters. The Morgan fingerprint density at radius 2 is 1.65 bits per heavy atom. The number of ether oxygens (including phenoxy) is 2. The van der Waals surface area contributed by atoms with Crippen LogP contribution < -0.4 is 20.1 Å². The minimum absolute atomic E-state index is 0.00146. The van der Waals surface area contributed by atoms with Gasteiger partial charge in [-0.15, -0.1) is 0 Å². The van der Waals surface area contributed by atoms with E-state index in [1.807, 2.05) is 13.8 Å². The molecule has 0 fully saturated rings. The number of anilines is 1. The molecule has 0 saturated carbocycles. The highest BCUT2D eigenvalue weighted by Crippen LogP contribution is 2.21. The summed E-state index contributed by atoms with van der Waals surface area (Å²) >= 11 is 0. The van der Waals surface area contributed by atoms with Crippen LogP contribution in [0.3, 0.4) is 0 Å². The number of methoxy groups -OCH3 is 1. The predicted octanol–water partition coefficient (Wildman–Crippen LogP) is 3.24. The molecule has 0 aliphatic carbocycles. The summed E-state index contributed by atoms with van der Waals surface area (Å²) in [5.74, 6) is 0.582. The molecular weight excluding hydrogens is 332 g/mol. The third-order valence-corrected chi connectivity index (χ3v) is 3.57. The van der Waals surface area contributed by atoms with Gasteiger partial charge in [-0.1, -0.05) is 18.2 Å². The van der Waals surface area contributed by atoms with Gasteiger partial charge in [0.15, 0.2) is 6.10 Å². The predicted molar refractivity (Wildman–Crippen MR) is 101 cm³/mol. The number of carbonyl (C=O) groups excluding carboxylic acids is 2. The summed E-state index contributed by atoms with van der Waals surface area (Å²) < 4.78 is 10.8. The van der Waals surface area contributed by atoms with Crippen molar-refractivity contribution in [1.82, 2.24) is 5.32 Å². The number of benzene rings is 2. The number of nitrogens with one attached hydrogen (secondary N) is 2. The van der Waals surface area contributed by atoms with E-state index >= 15 is 0 Å². The molecule has 0 saturated heterocycles. The first-order chi connectivity index (χ1) is 12.4. The van der Waals surface area contributed by atoms with Crippen molar-refractivity contribution < 1.29 is 19.1 Å². The zero-order valence-electron chi connectivity index (χ0n) is 15.4. The monoisotopic (exact) mass is 356 g/mol. The number of para-hydroxylation sites is 1. The minimum atomic E-state index is -0.747. The molecule has 26 heavy (non-hydrogen) atoms. The summed E-state index contributed by atoms with van der Waals surface area (Å²) in [6, 6.07) is 13.9. The SMILES string of the molecule is COc1cccc(O[C@@H](C)C(=O)Nc2ccccc2C(=O)NC(C)C)c1. The first-order valence-electron chi connectivity index (χ1n) is 8.42. The molecule has 0 aliphatic rings. The van der Waals surface area contributed by atoms with Crippen LogP contribution in [0.2, 0.25) is 0 Å². The van der Waals surface area contributed by atoms with Crippen LogP contribution in [-0.4, -0.2) is 31.1 Å². The van der Waals surface area contributed by atoms with E-state index in [9.17, 15) is 9.59 Å². The highest BCUT2D eigenvalue weighted by atomic mass is 16.5. The van der Waals surface area contributed by atoms with Crippen molar-refractivity contribution in [3.05, 3.63) is 54.1 Å². The van der Waals surface area contributed by atoms with Crippen LogP contribution in [0.25, 0.3) is 0 Å². The van der Waals surface area contributed by atoms with Gasteiger partial charge in [0, 0.05) is 12.1 Å². The molecule has 0 unspecified atom stereocenters. The second-order valence-corrected chi connectivity index (χ2v) is 6.10. The summed E-state index contributed by atoms with van der Waals surface area (Å²) in [5, 5.41) is 5.58. The smallest absolute Gasteiger partial charge is 0.265 e. The zero-order valence-corrected chi connectivity index (χ0v) is 15.4. The normalized spacial score (nSPS) is 11.6. The van der Waals surface area contributed by atoms with Crippen molar-refractivity contribution in [2.45, 2.75) is 32.9 Å². The molecule has 6 nitrogen and oxygen atoms in total. The van der Waals surface area contributed by atoms with E-state index in [4.69, 9.17) is 9.47 Å². The highest BCUT2D eigenvalue weighted by Gasteiger charge is 2.19. The Morgan fingerprint density at radius 3 is 2.35 bits per heavy atom. The van der Waals surface area contributed by atoms with E-state index < -0.39 is 6.10 Å². The summed E-state index contributed by atoms with van der Waals surface area (Å²) in [6.07, 6.45) is -0.747. The molecule has 2 amide bonds. The van der Waals surface area contributed by atoms with Crippen molar-refractivity contribution in [1.29, 1.82) is 0 Å². The Hall–Kier alpha value is -3.02. The van der Waals surface area contributed by atoms with Gasteiger partial charge in [0.1, 0.15) is 11.5 Å². The van der Waals surface area contributed by atoms with Gasteiger partial charge in [-0.2, -0.15) is 0 Å². The lowest BCUT2D eigenvalue weighted by atomic mass is 10.1. The van der Waals surface area contributed by atoms with E-state index in [1.165, 1.54) is 0 Å². The minimum Gasteiger partial charge on any atom is -0.497 e. The fraction of sp³-hybridized carbons (Fsp3) is 0.300. The van der Waals surface area contributed by atoms with Crippen LogP contribution >= 0.6 is 0 Å². The molecule has 2 rings (SSSR count). The van der Waals surface area contributed by atoms with Crippen LogP contribution in [-0.2, 0) is 4.79 Å². The van der Waals surface area contributed by atoms with Gasteiger partial charge in [-0.05, 0) is 45.0 Å². The third-order valence-electron chi connectivity index (χ3n) is 3.57. The number of rotatable bonds is 7. The van der Waals surface area contributed by atoms with Crippen LogP contribution in [0.5, 0.6) is 11.5 Å². The van der Waals surface area contributed by atoms with Crippen molar-refractivity contribution in [2.24, 2.45) is 0 Å². The summed E-state index contributed by atoms with van der Waals surface area (Å²) in [6.45, 7) is 5.40. The van der Waals surface area contributed by atoms with E-state index in [2.05, 4.69) is 10.6 Å². The maximum atomic E-state index is 12.5. The molecule has 0 aromatic heterocycles. The van der Waals surface area contributed by atoms with E-state index in [-0.39, 0.29) is 17.9 Å². The van der Waals surface area contributed by atoms with Gasteiger partial charge in [-0.25, -0.2) is 0 Å². The number of hydrogen-bond donors (Lipinski definition) is 2. The Balaban J connectivity index is 2.08. The first kappa shape index (κ1) is 19.3. The van der Waals surface area contributed by atoms with E-state index in [0.29, 0.717) is 22.7 Å². The van der Waals surface area contributed by atoms with Gasteiger partial charge >= 0.3 is 0 Å². The molecule has 2 aromatic carbocycles. The van der Waals surface area contributed by atoms with Gasteiger partial charge in [0.25, 0.3) is 11.8 Å². The lowest BCUT2D eigenvalue weighted by Gasteiger charge is -2.17. The van der Waals surface area contributed by atoms with Gasteiger partial charge in [0.2, 0.25) is 0 Å². The Labute approximate surface area is 153 Å². The second-order valence-electron chi connectivity index (χ2n) is 6.10. The van der Waals surface area contributed by atoms with Crippen LogP contribution in [0.15, 0.2) is 48.5 Å². The Morgan fingerprint density at radius 1 is 0.962 bits per heavy atom. The third kappa shape index (κ3) is 5.24. The molecule has 0 radical (unpaired) electrons. The first-order valence-corrected chi connectivity index (χ1v) is 8.42. The number of carbonyl (C=O) groups is 2. The number of hydrogen-bond acceptors (Lipinski definition) is 4. The van der Waals surface area contributed by atoms with Crippen LogP contribution in [0.4, 0.5) is 5.69 Å². The zero-order chi connectivity index (χ0) is 19.1. The summed E-state index contributed by atoms with van der Waals surface area (Å²) in [4.78, 5) is 24.8. The van der Waals surface area contributed by atoms with Gasteiger partial charge < -0.3 is 20.1 Å². The van der Waals surface area contributed by atoms with Crippen molar-refractivity contribution in [3.8, 4) is 11.5 Å². The molecule has 0 spiro atoms. The molecular formula is C20H24N2O4. The van der Waals surface area contributed by atoms with Crippen molar-refractivity contribution in [3.63, 3.8) is 0 Å². The maximum Gasteiger partial charge on any atom is 0.265 e. The lowest BCUT2D eigenvalue weighted by molar-refractivity contribution is -0.122. The fourth-order valence-corrected chi connectivity index (χ4v) is 2.30. The molecule has 2 N–H and O–H groups in total. The molecule has 138 valence electrons.